The van der Waals surface area contributed by atoms with Crippen LogP contribution in [0.25, 0.3) is 0 Å². The van der Waals surface area contributed by atoms with E-state index in [1.165, 1.54) is 6.92 Å². The van der Waals surface area contributed by atoms with Crippen molar-refractivity contribution < 1.29 is 32.8 Å². The summed E-state index contributed by atoms with van der Waals surface area (Å²) in [4.78, 5) is 21.3. The van der Waals surface area contributed by atoms with Crippen LogP contribution in [-0.2, 0) is 19.7 Å². The zero-order valence-corrected chi connectivity index (χ0v) is 9.82. The van der Waals surface area contributed by atoms with Gasteiger partial charge in [0.05, 0.1) is 6.42 Å². The number of aliphatic carboxylic acids is 2. The van der Waals surface area contributed by atoms with Crippen LogP contribution < -0.4 is 0 Å². The van der Waals surface area contributed by atoms with Crippen LogP contribution in [0, 0.1) is 0 Å². The van der Waals surface area contributed by atoms with Crippen LogP contribution >= 0.6 is 11.6 Å². The number of carboxylic acid groups (broad SMARTS) is 2. The molecule has 0 rings (SSSR count). The van der Waals surface area contributed by atoms with Crippen molar-refractivity contribution in [2.24, 2.45) is 0 Å². The lowest BCUT2D eigenvalue weighted by atomic mass is 9.98. The summed E-state index contributed by atoms with van der Waals surface area (Å²) in [6.07, 6.45) is -1.95. The molecule has 0 aromatic carbocycles. The van der Waals surface area contributed by atoms with Crippen LogP contribution in [0.5, 0.6) is 0 Å². The van der Waals surface area contributed by atoms with Gasteiger partial charge in [-0.3, -0.25) is 14.1 Å². The largest absolute Gasteiger partial charge is 0.481 e. The molecule has 7 nitrogen and oxygen atoms in total. The fourth-order valence-electron chi connectivity index (χ4n) is 1.24. The van der Waals surface area contributed by atoms with E-state index in [2.05, 4.69) is 0 Å². The summed E-state index contributed by atoms with van der Waals surface area (Å²) >= 11 is 5.46. The predicted octanol–water partition coefficient (Wildman–Crippen LogP) is 0.190. The summed E-state index contributed by atoms with van der Waals surface area (Å²) in [7, 11) is -5.08. The summed E-state index contributed by atoms with van der Waals surface area (Å²) in [6, 6.07) is 0. The van der Waals surface area contributed by atoms with E-state index in [9.17, 15) is 18.0 Å². The van der Waals surface area contributed by atoms with Crippen LogP contribution in [0.2, 0.25) is 0 Å². The van der Waals surface area contributed by atoms with Crippen LogP contribution in [0.4, 0.5) is 0 Å². The first-order valence-electron chi connectivity index (χ1n) is 4.09. The lowest BCUT2D eigenvalue weighted by molar-refractivity contribution is -0.147. The SMILES string of the molecule is CC(Cl)CC(CC(=O)O)(C(=O)O)S(=O)(=O)O. The van der Waals surface area contributed by atoms with Crippen molar-refractivity contribution in [3.8, 4) is 0 Å². The van der Waals surface area contributed by atoms with E-state index in [1.54, 1.807) is 0 Å². The van der Waals surface area contributed by atoms with Gasteiger partial charge in [-0.2, -0.15) is 8.42 Å². The topological polar surface area (TPSA) is 129 Å². The fourth-order valence-corrected chi connectivity index (χ4v) is 2.58. The van der Waals surface area contributed by atoms with E-state index in [4.69, 9.17) is 26.4 Å². The van der Waals surface area contributed by atoms with E-state index < -0.39 is 45.0 Å². The summed E-state index contributed by atoms with van der Waals surface area (Å²) < 4.78 is 28.1. The molecule has 3 N–H and O–H groups in total. The first-order chi connectivity index (χ1) is 7.03. The van der Waals surface area contributed by atoms with Gasteiger partial charge in [-0.15, -0.1) is 11.6 Å². The van der Waals surface area contributed by atoms with E-state index in [-0.39, 0.29) is 0 Å². The Balaban J connectivity index is 5.59. The van der Waals surface area contributed by atoms with Gasteiger partial charge in [0.2, 0.25) is 4.75 Å². The highest BCUT2D eigenvalue weighted by Crippen LogP contribution is 2.29. The molecule has 0 saturated carbocycles. The zero-order valence-electron chi connectivity index (χ0n) is 8.25. The highest BCUT2D eigenvalue weighted by atomic mass is 35.5. The van der Waals surface area contributed by atoms with Crippen molar-refractivity contribution in [2.75, 3.05) is 0 Å². The lowest BCUT2D eigenvalue weighted by Gasteiger charge is -2.25. The molecule has 2 atom stereocenters. The lowest BCUT2D eigenvalue weighted by Crippen LogP contribution is -2.49. The van der Waals surface area contributed by atoms with Gasteiger partial charge in [-0.25, -0.2) is 0 Å². The number of rotatable bonds is 6. The number of carboxylic acids is 2. The molecule has 0 bridgehead atoms. The molecular formula is C7H11ClO7S. The first-order valence-corrected chi connectivity index (χ1v) is 5.97. The van der Waals surface area contributed by atoms with Crippen LogP contribution in [0.1, 0.15) is 19.8 Å². The average molecular weight is 275 g/mol. The summed E-state index contributed by atoms with van der Waals surface area (Å²) in [5.41, 5.74) is 0. The highest BCUT2D eigenvalue weighted by molar-refractivity contribution is 7.88. The van der Waals surface area contributed by atoms with Gasteiger partial charge in [-0.1, -0.05) is 0 Å². The molecule has 0 saturated heterocycles. The Bertz CT molecular complexity index is 388. The van der Waals surface area contributed by atoms with E-state index in [1.807, 2.05) is 0 Å². The van der Waals surface area contributed by atoms with Crippen LogP contribution in [-0.4, -0.2) is 45.2 Å². The molecule has 0 aliphatic rings. The third-order valence-electron chi connectivity index (χ3n) is 1.93. The fraction of sp³-hybridized carbons (Fsp3) is 0.714. The van der Waals surface area contributed by atoms with Gasteiger partial charge in [0.25, 0.3) is 10.1 Å². The van der Waals surface area contributed by atoms with E-state index >= 15 is 0 Å². The summed E-state index contributed by atoms with van der Waals surface area (Å²) in [5, 5.41) is 16.4. The number of halogens is 1. The molecule has 0 heterocycles. The van der Waals surface area contributed by atoms with Gasteiger partial charge in [0.15, 0.2) is 0 Å². The third kappa shape index (κ3) is 3.32. The molecule has 0 radical (unpaired) electrons. The quantitative estimate of drug-likeness (QED) is 0.466. The van der Waals surface area contributed by atoms with Crippen molar-refractivity contribution in [3.05, 3.63) is 0 Å². The molecule has 0 aromatic heterocycles. The van der Waals surface area contributed by atoms with Gasteiger partial charge in [-0.05, 0) is 13.3 Å². The summed E-state index contributed by atoms with van der Waals surface area (Å²) in [5.74, 6) is -3.60. The smallest absolute Gasteiger partial charge is 0.328 e. The normalized spacial score (nSPS) is 17.4. The minimum absolute atomic E-state index is 0.699. The molecule has 0 fully saturated rings. The Morgan fingerprint density at radius 2 is 1.81 bits per heavy atom. The average Bonchev–Trinajstić information content (AvgIpc) is 1.97. The van der Waals surface area contributed by atoms with Gasteiger partial charge < -0.3 is 10.2 Å². The van der Waals surface area contributed by atoms with E-state index in [0.29, 0.717) is 0 Å². The molecule has 0 spiro atoms. The molecular weight excluding hydrogens is 264 g/mol. The van der Waals surface area contributed by atoms with Crippen molar-refractivity contribution in [2.45, 2.75) is 29.9 Å². The minimum Gasteiger partial charge on any atom is -0.481 e. The number of alkyl halides is 1. The number of hydrogen-bond acceptors (Lipinski definition) is 4. The molecule has 94 valence electrons. The second-order valence-corrected chi connectivity index (χ2v) is 5.81. The van der Waals surface area contributed by atoms with Crippen LogP contribution in [0.15, 0.2) is 0 Å². The first kappa shape index (κ1) is 15.1. The maximum atomic E-state index is 11.0. The van der Waals surface area contributed by atoms with Crippen molar-refractivity contribution in [1.82, 2.24) is 0 Å². The van der Waals surface area contributed by atoms with Crippen molar-refractivity contribution >= 4 is 33.7 Å². The Morgan fingerprint density at radius 1 is 1.38 bits per heavy atom. The third-order valence-corrected chi connectivity index (χ3v) is 3.56. The van der Waals surface area contributed by atoms with Gasteiger partial charge >= 0.3 is 11.9 Å². The second-order valence-electron chi connectivity index (χ2n) is 3.33. The molecule has 0 amide bonds. The Labute approximate surface area is 96.8 Å². The molecule has 0 aromatic rings. The number of hydrogen-bond donors (Lipinski definition) is 3. The Hall–Kier alpha value is -0.860. The molecule has 2 unspecified atom stereocenters. The van der Waals surface area contributed by atoms with Gasteiger partial charge in [0.1, 0.15) is 0 Å². The maximum absolute atomic E-state index is 11.0. The van der Waals surface area contributed by atoms with Crippen LogP contribution in [0.3, 0.4) is 0 Å². The highest BCUT2D eigenvalue weighted by Gasteiger charge is 2.53. The molecule has 9 heteroatoms. The van der Waals surface area contributed by atoms with E-state index in [0.717, 1.165) is 0 Å². The Kier molecular flexibility index (Phi) is 4.71. The maximum Gasteiger partial charge on any atom is 0.328 e. The molecule has 0 aliphatic carbocycles. The molecule has 16 heavy (non-hydrogen) atoms. The predicted molar refractivity (Wildman–Crippen MR) is 54.1 cm³/mol. The zero-order chi connectivity index (χ0) is 13.1. The second kappa shape index (κ2) is 4.98. The monoisotopic (exact) mass is 274 g/mol. The Morgan fingerprint density at radius 3 is 2.00 bits per heavy atom. The minimum atomic E-state index is -5.08. The summed E-state index contributed by atoms with van der Waals surface area (Å²) in [6.45, 7) is 1.30. The molecule has 0 aliphatic heterocycles. The standard InChI is InChI=1S/C7H11ClO7S/c1-4(8)2-7(6(11)12,3-5(9)10)16(13,14)15/h4H,2-3H2,1H3,(H,9,10)(H,11,12)(H,13,14,15). The van der Waals surface area contributed by atoms with Gasteiger partial charge in [0, 0.05) is 5.38 Å². The van der Waals surface area contributed by atoms with Crippen molar-refractivity contribution in [1.29, 1.82) is 0 Å². The number of carbonyl (C=O) groups is 2. The van der Waals surface area contributed by atoms with Crippen molar-refractivity contribution in [3.63, 3.8) is 0 Å².